The van der Waals surface area contributed by atoms with Crippen molar-refractivity contribution in [2.75, 3.05) is 6.54 Å². The molecule has 1 rings (SSSR count). The summed E-state index contributed by atoms with van der Waals surface area (Å²) in [4.78, 5) is 25.6. The molecule has 1 amide bonds. The number of nitrogens with zero attached hydrogens (tertiary/aromatic N) is 1. The van der Waals surface area contributed by atoms with E-state index < -0.39 is 18.0 Å². The lowest BCUT2D eigenvalue weighted by atomic mass is 9.88. The van der Waals surface area contributed by atoms with E-state index in [2.05, 4.69) is 5.32 Å². The number of aliphatic carboxylic acids is 1. The first kappa shape index (κ1) is 21.8. The summed E-state index contributed by atoms with van der Waals surface area (Å²) in [7, 11) is 0. The van der Waals surface area contributed by atoms with Crippen molar-refractivity contribution >= 4 is 46.4 Å². The molecule has 0 radical (unpaired) electrons. The fraction of sp³-hybridized carbons (Fsp3) is 0.412. The largest absolute Gasteiger partial charge is 0.478 e. The molecule has 26 heavy (non-hydrogen) atoms. The monoisotopic (exact) mass is 396 g/mol. The average Bonchev–Trinajstić information content (AvgIpc) is 2.57. The van der Waals surface area contributed by atoms with Crippen LogP contribution in [0.5, 0.6) is 0 Å². The molecule has 142 valence electrons. The summed E-state index contributed by atoms with van der Waals surface area (Å²) < 4.78 is 0. The fourth-order valence-corrected chi connectivity index (χ4v) is 2.55. The van der Waals surface area contributed by atoms with Gasteiger partial charge in [0.15, 0.2) is 5.11 Å². The number of nitrogens with one attached hydrogen (secondary N) is 1. The summed E-state index contributed by atoms with van der Waals surface area (Å²) in [6.45, 7) is 4.06. The van der Waals surface area contributed by atoms with Gasteiger partial charge in [-0.15, -0.1) is 0 Å². The SMILES string of the molecule is CC(C)(CCCN(C(N)=S)C(NC(=O)c1ccccc1)C(=O)O)C(N)=S. The maximum Gasteiger partial charge on any atom is 0.347 e. The average molecular weight is 397 g/mol. The number of rotatable bonds is 9. The molecule has 1 aromatic carbocycles. The summed E-state index contributed by atoms with van der Waals surface area (Å²) in [5, 5.41) is 11.9. The summed E-state index contributed by atoms with van der Waals surface area (Å²) >= 11 is 10.0. The fourth-order valence-electron chi connectivity index (χ4n) is 2.25. The second kappa shape index (κ2) is 9.44. The molecule has 0 fully saturated rings. The number of hydrogen-bond donors (Lipinski definition) is 4. The van der Waals surface area contributed by atoms with Gasteiger partial charge in [-0.3, -0.25) is 4.79 Å². The van der Waals surface area contributed by atoms with Crippen LogP contribution >= 0.6 is 24.4 Å². The molecule has 0 bridgehead atoms. The second-order valence-corrected chi connectivity index (χ2v) is 7.32. The standard InChI is InChI=1S/C17H24N4O3S2/c1-17(2,15(18)25)9-6-10-21(16(19)26)12(14(23)24)20-13(22)11-7-4-3-5-8-11/h3-5,7-8,12H,6,9-10H2,1-2H3,(H2,18,25)(H2,19,26)(H,20,22)(H,23,24). The number of benzene rings is 1. The minimum absolute atomic E-state index is 0.112. The molecule has 0 saturated carbocycles. The molecule has 0 aliphatic carbocycles. The molecule has 0 saturated heterocycles. The zero-order valence-corrected chi connectivity index (χ0v) is 16.4. The Labute approximate surface area is 163 Å². The maximum atomic E-state index is 12.3. The molecule has 0 aliphatic rings. The van der Waals surface area contributed by atoms with Gasteiger partial charge in [0.2, 0.25) is 6.17 Å². The molecule has 0 heterocycles. The highest BCUT2D eigenvalue weighted by Crippen LogP contribution is 2.23. The summed E-state index contributed by atoms with van der Waals surface area (Å²) in [6.07, 6.45) is -0.194. The molecule has 6 N–H and O–H groups in total. The highest BCUT2D eigenvalue weighted by atomic mass is 32.1. The van der Waals surface area contributed by atoms with Gasteiger partial charge in [-0.1, -0.05) is 44.3 Å². The van der Waals surface area contributed by atoms with Crippen molar-refractivity contribution in [2.24, 2.45) is 16.9 Å². The highest BCUT2D eigenvalue weighted by molar-refractivity contribution is 7.80. The van der Waals surface area contributed by atoms with Crippen LogP contribution in [0.2, 0.25) is 0 Å². The van der Waals surface area contributed by atoms with E-state index in [0.717, 1.165) is 0 Å². The number of thiocarbonyl (C=S) groups is 2. The van der Waals surface area contributed by atoms with Gasteiger partial charge in [0.1, 0.15) is 0 Å². The zero-order valence-electron chi connectivity index (χ0n) is 14.8. The topological polar surface area (TPSA) is 122 Å². The molecule has 1 aromatic rings. The molecule has 0 spiro atoms. The van der Waals surface area contributed by atoms with Crippen molar-refractivity contribution in [3.8, 4) is 0 Å². The van der Waals surface area contributed by atoms with Crippen LogP contribution in [-0.2, 0) is 4.79 Å². The van der Waals surface area contributed by atoms with E-state index in [1.165, 1.54) is 4.90 Å². The third kappa shape index (κ3) is 6.23. The van der Waals surface area contributed by atoms with E-state index >= 15 is 0 Å². The predicted molar refractivity (Wildman–Crippen MR) is 109 cm³/mol. The van der Waals surface area contributed by atoms with Crippen molar-refractivity contribution in [1.29, 1.82) is 0 Å². The predicted octanol–water partition coefficient (Wildman–Crippen LogP) is 1.47. The van der Waals surface area contributed by atoms with E-state index in [9.17, 15) is 14.7 Å². The maximum absolute atomic E-state index is 12.3. The van der Waals surface area contributed by atoms with Crippen molar-refractivity contribution in [1.82, 2.24) is 10.2 Å². The molecular formula is C17H24N4O3S2. The lowest BCUT2D eigenvalue weighted by Crippen LogP contribution is -2.57. The summed E-state index contributed by atoms with van der Waals surface area (Å²) in [6, 6.07) is 8.31. The number of carboxylic acids is 1. The van der Waals surface area contributed by atoms with Crippen LogP contribution in [0.25, 0.3) is 0 Å². The second-order valence-electron chi connectivity index (χ2n) is 6.46. The van der Waals surface area contributed by atoms with Crippen molar-refractivity contribution < 1.29 is 14.7 Å². The molecule has 1 atom stereocenters. The van der Waals surface area contributed by atoms with Gasteiger partial charge in [0.05, 0.1) is 4.99 Å². The van der Waals surface area contributed by atoms with Gasteiger partial charge in [-0.25, -0.2) is 4.79 Å². The molecule has 9 heteroatoms. The molecular weight excluding hydrogens is 372 g/mol. The van der Waals surface area contributed by atoms with E-state index in [1.807, 2.05) is 13.8 Å². The van der Waals surface area contributed by atoms with Gasteiger partial charge in [0, 0.05) is 17.5 Å². The van der Waals surface area contributed by atoms with Crippen LogP contribution in [0.3, 0.4) is 0 Å². The first-order chi connectivity index (χ1) is 12.1. The van der Waals surface area contributed by atoms with Crippen molar-refractivity contribution in [2.45, 2.75) is 32.9 Å². The van der Waals surface area contributed by atoms with Crippen LogP contribution in [0.1, 0.15) is 37.0 Å². The summed E-state index contributed by atoms with van der Waals surface area (Å²) in [5.41, 5.74) is 11.4. The van der Waals surface area contributed by atoms with E-state index in [0.29, 0.717) is 23.4 Å². The number of nitrogens with two attached hydrogens (primary N) is 2. The molecule has 0 aliphatic heterocycles. The molecule has 0 aromatic heterocycles. The van der Waals surface area contributed by atoms with Crippen LogP contribution in [0.4, 0.5) is 0 Å². The molecule has 7 nitrogen and oxygen atoms in total. The van der Waals surface area contributed by atoms with Crippen LogP contribution in [0, 0.1) is 5.41 Å². The van der Waals surface area contributed by atoms with Crippen LogP contribution < -0.4 is 16.8 Å². The van der Waals surface area contributed by atoms with Crippen LogP contribution in [0.15, 0.2) is 30.3 Å². The number of amides is 1. The van der Waals surface area contributed by atoms with Crippen molar-refractivity contribution in [3.63, 3.8) is 0 Å². The Morgan fingerprint density at radius 3 is 2.27 bits per heavy atom. The lowest BCUT2D eigenvalue weighted by Gasteiger charge is -2.31. The summed E-state index contributed by atoms with van der Waals surface area (Å²) in [5.74, 6) is -1.78. The van der Waals surface area contributed by atoms with E-state index in [4.69, 9.17) is 35.9 Å². The first-order valence-electron chi connectivity index (χ1n) is 8.01. The van der Waals surface area contributed by atoms with Gasteiger partial charge >= 0.3 is 5.97 Å². The number of carbonyl (C=O) groups is 2. The third-order valence-electron chi connectivity index (χ3n) is 4.00. The Bertz CT molecular complexity index is 680. The highest BCUT2D eigenvalue weighted by Gasteiger charge is 2.29. The van der Waals surface area contributed by atoms with Crippen molar-refractivity contribution in [3.05, 3.63) is 35.9 Å². The Morgan fingerprint density at radius 2 is 1.81 bits per heavy atom. The van der Waals surface area contributed by atoms with Gasteiger partial charge < -0.3 is 26.8 Å². The lowest BCUT2D eigenvalue weighted by molar-refractivity contribution is -0.142. The van der Waals surface area contributed by atoms with Crippen LogP contribution in [-0.4, -0.2) is 44.7 Å². The minimum Gasteiger partial charge on any atom is -0.478 e. The normalized spacial score (nSPS) is 12.1. The first-order valence-corrected chi connectivity index (χ1v) is 8.82. The number of carbonyl (C=O) groups excluding carboxylic acids is 1. The Balaban J connectivity index is 2.85. The Kier molecular flexibility index (Phi) is 7.91. The van der Waals surface area contributed by atoms with E-state index in [-0.39, 0.29) is 17.1 Å². The Hall–Kier alpha value is -2.26. The van der Waals surface area contributed by atoms with Gasteiger partial charge in [-0.05, 0) is 37.2 Å². The quantitative estimate of drug-likeness (QED) is 0.366. The van der Waals surface area contributed by atoms with Gasteiger partial charge in [0.25, 0.3) is 5.91 Å². The molecule has 1 unspecified atom stereocenters. The van der Waals surface area contributed by atoms with Gasteiger partial charge in [-0.2, -0.15) is 0 Å². The number of hydrogen-bond acceptors (Lipinski definition) is 4. The zero-order chi connectivity index (χ0) is 19.9. The minimum atomic E-state index is -1.37. The van der Waals surface area contributed by atoms with E-state index in [1.54, 1.807) is 30.3 Å². The smallest absolute Gasteiger partial charge is 0.347 e. The number of carboxylic acid groups (broad SMARTS) is 1. The third-order valence-corrected chi connectivity index (χ3v) is 4.79. The Morgan fingerprint density at radius 1 is 1.23 bits per heavy atom.